The van der Waals surface area contributed by atoms with Crippen LogP contribution in [0.2, 0.25) is 0 Å². The molecule has 144 valence electrons. The molecule has 0 unspecified atom stereocenters. The Balaban J connectivity index is 2.10. The molecule has 0 bridgehead atoms. The molecule has 0 aromatic heterocycles. The van der Waals surface area contributed by atoms with Gasteiger partial charge in [0.25, 0.3) is 0 Å². The van der Waals surface area contributed by atoms with Crippen LogP contribution >= 0.6 is 0 Å². The van der Waals surface area contributed by atoms with Crippen molar-refractivity contribution in [3.05, 3.63) is 81.6 Å². The van der Waals surface area contributed by atoms with E-state index in [4.69, 9.17) is 0 Å². The molecule has 2 aromatic rings. The average Bonchev–Trinajstić information content (AvgIpc) is 2.58. The Bertz CT molecular complexity index is 842. The molecule has 2 nitrogen and oxygen atoms in total. The number of hydrogen-bond donors (Lipinski definition) is 0. The van der Waals surface area contributed by atoms with Crippen molar-refractivity contribution in [2.24, 2.45) is 0 Å². The molecule has 0 fully saturated rings. The lowest BCUT2D eigenvalue weighted by molar-refractivity contribution is 0.590. The standard InChI is InChI=1S/C24H30O2S/c1-23(2,3)21-11-7-19(8-12-21)15-17-27(25,26)18-16-20-9-13-22(14-10-20)24(4,5)6/h7-18H,1-6H3. The predicted molar refractivity (Wildman–Crippen MR) is 117 cm³/mol. The van der Waals surface area contributed by atoms with Gasteiger partial charge in [-0.15, -0.1) is 0 Å². The van der Waals surface area contributed by atoms with Crippen molar-refractivity contribution in [1.82, 2.24) is 0 Å². The van der Waals surface area contributed by atoms with Gasteiger partial charge in [-0.2, -0.15) is 0 Å². The van der Waals surface area contributed by atoms with Crippen molar-refractivity contribution in [3.8, 4) is 0 Å². The van der Waals surface area contributed by atoms with Crippen molar-refractivity contribution in [2.75, 3.05) is 0 Å². The van der Waals surface area contributed by atoms with Gasteiger partial charge in [-0.25, -0.2) is 8.42 Å². The van der Waals surface area contributed by atoms with Gasteiger partial charge in [-0.05, 0) is 45.2 Å². The summed E-state index contributed by atoms with van der Waals surface area (Å²) in [6, 6.07) is 15.9. The van der Waals surface area contributed by atoms with Gasteiger partial charge >= 0.3 is 0 Å². The Morgan fingerprint density at radius 1 is 0.593 bits per heavy atom. The molecule has 3 heteroatoms. The molecule has 0 spiro atoms. The summed E-state index contributed by atoms with van der Waals surface area (Å²) in [4.78, 5) is 0. The van der Waals surface area contributed by atoms with E-state index in [-0.39, 0.29) is 10.8 Å². The predicted octanol–water partition coefficient (Wildman–Crippen LogP) is 6.34. The summed E-state index contributed by atoms with van der Waals surface area (Å²) in [5.74, 6) is 0. The van der Waals surface area contributed by atoms with E-state index in [1.165, 1.54) is 21.9 Å². The first-order valence-corrected chi connectivity index (χ1v) is 10.8. The molecule has 0 aliphatic heterocycles. The normalized spacial score (nSPS) is 13.6. The van der Waals surface area contributed by atoms with Crippen LogP contribution in [-0.2, 0) is 20.7 Å². The highest BCUT2D eigenvalue weighted by Crippen LogP contribution is 2.23. The molecule has 0 radical (unpaired) electrons. The Kier molecular flexibility index (Phi) is 6.16. The SMILES string of the molecule is CC(C)(C)c1ccc(C=CS(=O)(=O)C=Cc2ccc(C(C)(C)C)cc2)cc1. The molecular weight excluding hydrogens is 352 g/mol. The molecule has 27 heavy (non-hydrogen) atoms. The number of sulfone groups is 1. The molecule has 0 saturated carbocycles. The van der Waals surface area contributed by atoms with E-state index >= 15 is 0 Å². The smallest absolute Gasteiger partial charge is 0.193 e. The topological polar surface area (TPSA) is 34.1 Å². The van der Waals surface area contributed by atoms with Crippen LogP contribution in [0.1, 0.15) is 63.8 Å². The van der Waals surface area contributed by atoms with Crippen molar-refractivity contribution >= 4 is 22.0 Å². The minimum absolute atomic E-state index is 0.0829. The van der Waals surface area contributed by atoms with E-state index in [1.807, 2.05) is 48.5 Å². The molecule has 0 aliphatic carbocycles. The third-order valence-electron chi connectivity index (χ3n) is 4.45. The van der Waals surface area contributed by atoms with E-state index in [0.29, 0.717) is 0 Å². The first-order chi connectivity index (χ1) is 12.4. The third-order valence-corrected chi connectivity index (χ3v) is 5.48. The molecule has 0 aliphatic rings. The molecular formula is C24H30O2S. The number of benzene rings is 2. The van der Waals surface area contributed by atoms with E-state index in [0.717, 1.165) is 11.1 Å². The highest BCUT2D eigenvalue weighted by Gasteiger charge is 2.13. The Morgan fingerprint density at radius 2 is 0.889 bits per heavy atom. The monoisotopic (exact) mass is 382 g/mol. The van der Waals surface area contributed by atoms with Gasteiger partial charge in [0.2, 0.25) is 0 Å². The Labute approximate surface area is 164 Å². The zero-order valence-corrected chi connectivity index (χ0v) is 18.0. The van der Waals surface area contributed by atoms with Crippen molar-refractivity contribution in [2.45, 2.75) is 52.4 Å². The quantitative estimate of drug-likeness (QED) is 0.618. The van der Waals surface area contributed by atoms with Gasteiger partial charge in [-0.3, -0.25) is 0 Å². The van der Waals surface area contributed by atoms with Crippen molar-refractivity contribution in [3.63, 3.8) is 0 Å². The minimum Gasteiger partial charge on any atom is -0.220 e. The summed E-state index contributed by atoms with van der Waals surface area (Å²) in [6.07, 6.45) is 3.27. The van der Waals surface area contributed by atoms with E-state index in [9.17, 15) is 8.42 Å². The summed E-state index contributed by atoms with van der Waals surface area (Å²) in [5.41, 5.74) is 4.35. The molecule has 0 saturated heterocycles. The third kappa shape index (κ3) is 6.51. The second-order valence-corrected chi connectivity index (χ2v) is 10.7. The summed E-state index contributed by atoms with van der Waals surface area (Å²) in [5, 5.41) is 2.50. The number of hydrogen-bond acceptors (Lipinski definition) is 2. The van der Waals surface area contributed by atoms with Gasteiger partial charge in [0.15, 0.2) is 9.84 Å². The van der Waals surface area contributed by atoms with Crippen LogP contribution in [0, 0.1) is 0 Å². The average molecular weight is 383 g/mol. The summed E-state index contributed by atoms with van der Waals surface area (Å²) in [6.45, 7) is 12.9. The van der Waals surface area contributed by atoms with Crippen LogP contribution in [0.25, 0.3) is 12.2 Å². The molecule has 2 aromatic carbocycles. The van der Waals surface area contributed by atoms with Crippen LogP contribution in [0.15, 0.2) is 59.3 Å². The lowest BCUT2D eigenvalue weighted by atomic mass is 9.87. The molecule has 0 atom stereocenters. The highest BCUT2D eigenvalue weighted by atomic mass is 32.2. The minimum atomic E-state index is -3.42. The Hall–Kier alpha value is -2.13. The second-order valence-electron chi connectivity index (χ2n) is 8.94. The fraction of sp³-hybridized carbons (Fsp3) is 0.333. The molecule has 0 N–H and O–H groups in total. The second kappa shape index (κ2) is 7.85. The van der Waals surface area contributed by atoms with Crippen LogP contribution in [0.5, 0.6) is 0 Å². The summed E-state index contributed by atoms with van der Waals surface area (Å²) >= 11 is 0. The first kappa shape index (κ1) is 21.2. The van der Waals surface area contributed by atoms with E-state index < -0.39 is 9.84 Å². The van der Waals surface area contributed by atoms with Crippen molar-refractivity contribution in [1.29, 1.82) is 0 Å². The summed E-state index contributed by atoms with van der Waals surface area (Å²) < 4.78 is 24.5. The molecule has 0 heterocycles. The van der Waals surface area contributed by atoms with Crippen molar-refractivity contribution < 1.29 is 8.42 Å². The Morgan fingerprint density at radius 3 is 1.15 bits per heavy atom. The highest BCUT2D eigenvalue weighted by molar-refractivity contribution is 7.97. The van der Waals surface area contributed by atoms with E-state index in [1.54, 1.807) is 12.2 Å². The maximum Gasteiger partial charge on any atom is 0.193 e. The zero-order valence-electron chi connectivity index (χ0n) is 17.2. The molecule has 0 amide bonds. The largest absolute Gasteiger partial charge is 0.220 e. The van der Waals surface area contributed by atoms with Crippen LogP contribution in [0.3, 0.4) is 0 Å². The maximum atomic E-state index is 12.3. The number of rotatable bonds is 4. The summed E-state index contributed by atoms with van der Waals surface area (Å²) in [7, 11) is -3.42. The van der Waals surface area contributed by atoms with Gasteiger partial charge in [-0.1, -0.05) is 90.1 Å². The van der Waals surface area contributed by atoms with Gasteiger partial charge < -0.3 is 0 Å². The fourth-order valence-electron chi connectivity index (χ4n) is 2.58. The molecule has 2 rings (SSSR count). The van der Waals surface area contributed by atoms with Gasteiger partial charge in [0.1, 0.15) is 0 Å². The van der Waals surface area contributed by atoms with Crippen LogP contribution in [-0.4, -0.2) is 8.42 Å². The van der Waals surface area contributed by atoms with Crippen LogP contribution in [0.4, 0.5) is 0 Å². The van der Waals surface area contributed by atoms with Gasteiger partial charge in [0.05, 0.1) is 0 Å². The maximum absolute atomic E-state index is 12.3. The van der Waals surface area contributed by atoms with Crippen LogP contribution < -0.4 is 0 Å². The fourth-order valence-corrected chi connectivity index (χ4v) is 3.36. The lowest BCUT2D eigenvalue weighted by Gasteiger charge is -2.18. The zero-order chi connectivity index (χ0) is 20.3. The van der Waals surface area contributed by atoms with E-state index in [2.05, 4.69) is 41.5 Å². The lowest BCUT2D eigenvalue weighted by Crippen LogP contribution is -2.10. The first-order valence-electron chi connectivity index (χ1n) is 9.19. The van der Waals surface area contributed by atoms with Gasteiger partial charge in [0, 0.05) is 10.8 Å².